The van der Waals surface area contributed by atoms with Crippen LogP contribution in [-0.4, -0.2) is 64.2 Å². The second-order valence-electron chi connectivity index (χ2n) is 11.1. The van der Waals surface area contributed by atoms with Gasteiger partial charge in [-0.2, -0.15) is 0 Å². The van der Waals surface area contributed by atoms with Crippen molar-refractivity contribution in [3.05, 3.63) is 87.9 Å². The highest BCUT2D eigenvalue weighted by Crippen LogP contribution is 2.34. The molecule has 0 unspecified atom stereocenters. The summed E-state index contributed by atoms with van der Waals surface area (Å²) in [5.74, 6) is -0.242. The predicted molar refractivity (Wildman–Crippen MR) is 178 cm³/mol. The molecule has 0 aromatic heterocycles. The Labute approximate surface area is 275 Å². The molecule has 3 aromatic carbocycles. The molecule has 2 amide bonds. The van der Waals surface area contributed by atoms with Crippen LogP contribution in [0.15, 0.2) is 66.7 Å². The minimum absolute atomic E-state index is 0.00308. The average molecular weight is 677 g/mol. The van der Waals surface area contributed by atoms with Gasteiger partial charge in [-0.05, 0) is 48.2 Å². The molecule has 1 aliphatic carbocycles. The molecule has 12 heteroatoms. The van der Waals surface area contributed by atoms with Gasteiger partial charge >= 0.3 is 0 Å². The van der Waals surface area contributed by atoms with Crippen molar-refractivity contribution in [2.45, 2.75) is 57.2 Å². The van der Waals surface area contributed by atoms with Gasteiger partial charge in [-0.15, -0.1) is 0 Å². The van der Waals surface area contributed by atoms with Crippen molar-refractivity contribution in [3.8, 4) is 11.5 Å². The van der Waals surface area contributed by atoms with E-state index >= 15 is 0 Å². The van der Waals surface area contributed by atoms with E-state index in [-0.39, 0.29) is 36.4 Å². The minimum Gasteiger partial charge on any atom is -0.497 e. The van der Waals surface area contributed by atoms with E-state index < -0.39 is 28.5 Å². The van der Waals surface area contributed by atoms with Crippen LogP contribution in [0.3, 0.4) is 0 Å². The summed E-state index contributed by atoms with van der Waals surface area (Å²) in [6.45, 7) is -0.642. The molecule has 0 aliphatic heterocycles. The van der Waals surface area contributed by atoms with E-state index in [0.717, 1.165) is 48.2 Å². The molecule has 0 radical (unpaired) electrons. The summed E-state index contributed by atoms with van der Waals surface area (Å²) >= 11 is 12.7. The number of carbonyl (C=O) groups excluding carboxylic acids is 2. The van der Waals surface area contributed by atoms with E-state index in [1.807, 2.05) is 30.3 Å². The SMILES string of the molecule is COc1ccc(N(CC(=O)N(Cc2ccc(Cl)cc2Cl)[C@@H](Cc2ccccc2)C(=O)NC2CCCCC2)S(C)(=O)=O)c(OC)c1. The van der Waals surface area contributed by atoms with Crippen molar-refractivity contribution in [2.75, 3.05) is 31.3 Å². The molecule has 45 heavy (non-hydrogen) atoms. The van der Waals surface area contributed by atoms with E-state index in [1.165, 1.54) is 25.2 Å². The lowest BCUT2D eigenvalue weighted by molar-refractivity contribution is -0.140. The van der Waals surface area contributed by atoms with Crippen molar-refractivity contribution >= 4 is 50.7 Å². The Morgan fingerprint density at radius 3 is 2.29 bits per heavy atom. The largest absolute Gasteiger partial charge is 0.497 e. The van der Waals surface area contributed by atoms with Crippen LogP contribution >= 0.6 is 23.2 Å². The van der Waals surface area contributed by atoms with Crippen molar-refractivity contribution in [1.82, 2.24) is 10.2 Å². The van der Waals surface area contributed by atoms with Gasteiger partial charge in [-0.1, -0.05) is 78.9 Å². The van der Waals surface area contributed by atoms with Crippen LogP contribution < -0.4 is 19.1 Å². The van der Waals surface area contributed by atoms with E-state index in [0.29, 0.717) is 21.4 Å². The van der Waals surface area contributed by atoms with Crippen LogP contribution in [0.1, 0.15) is 43.2 Å². The van der Waals surface area contributed by atoms with Crippen LogP contribution in [0.4, 0.5) is 5.69 Å². The molecule has 1 aliphatic rings. The Bertz CT molecular complexity index is 1580. The summed E-state index contributed by atoms with van der Waals surface area (Å²) in [6.07, 6.45) is 6.10. The lowest BCUT2D eigenvalue weighted by Gasteiger charge is -2.35. The van der Waals surface area contributed by atoms with Gasteiger partial charge in [-0.25, -0.2) is 8.42 Å². The lowest BCUT2D eigenvalue weighted by Crippen LogP contribution is -2.55. The summed E-state index contributed by atoms with van der Waals surface area (Å²) in [4.78, 5) is 29.9. The molecule has 0 spiro atoms. The Morgan fingerprint density at radius 2 is 1.67 bits per heavy atom. The van der Waals surface area contributed by atoms with Crippen molar-refractivity contribution in [1.29, 1.82) is 0 Å². The number of benzene rings is 3. The lowest BCUT2D eigenvalue weighted by atomic mass is 9.94. The highest BCUT2D eigenvalue weighted by molar-refractivity contribution is 7.92. The van der Waals surface area contributed by atoms with Crippen LogP contribution in [0.5, 0.6) is 11.5 Å². The van der Waals surface area contributed by atoms with Crippen LogP contribution in [0, 0.1) is 0 Å². The molecule has 1 saturated carbocycles. The fourth-order valence-electron chi connectivity index (χ4n) is 5.52. The molecule has 0 saturated heterocycles. The number of amides is 2. The molecule has 9 nitrogen and oxygen atoms in total. The highest BCUT2D eigenvalue weighted by Gasteiger charge is 2.35. The molecule has 242 valence electrons. The maximum atomic E-state index is 14.4. The van der Waals surface area contributed by atoms with Crippen molar-refractivity contribution in [2.24, 2.45) is 0 Å². The molecule has 1 atom stereocenters. The zero-order valence-electron chi connectivity index (χ0n) is 25.7. The second-order valence-corrected chi connectivity index (χ2v) is 13.9. The smallest absolute Gasteiger partial charge is 0.244 e. The van der Waals surface area contributed by atoms with Crippen LogP contribution in [0.2, 0.25) is 10.0 Å². The summed E-state index contributed by atoms with van der Waals surface area (Å²) in [5, 5.41) is 3.92. The van der Waals surface area contributed by atoms with E-state index in [1.54, 1.807) is 30.3 Å². The first-order valence-corrected chi connectivity index (χ1v) is 17.4. The number of nitrogens with one attached hydrogen (secondary N) is 1. The topological polar surface area (TPSA) is 105 Å². The standard InChI is InChI=1S/C33H39Cl2N3O6S/c1-43-27-16-17-29(31(20-27)44-2)38(45(3,41)42)22-32(39)37(21-24-14-15-25(34)19-28(24)35)30(18-23-10-6-4-7-11-23)33(40)36-26-12-8-5-9-13-26/h4,6-7,10-11,14-17,19-20,26,30H,5,8-9,12-13,18,21-22H2,1-3H3,(H,36,40)/t30-/m0/s1. The number of nitrogens with zero attached hydrogens (tertiary/aromatic N) is 2. The molecule has 0 bridgehead atoms. The molecule has 4 rings (SSSR count). The second kappa shape index (κ2) is 15.7. The van der Waals surface area contributed by atoms with Gasteiger partial charge in [0.15, 0.2) is 0 Å². The quantitative estimate of drug-likeness (QED) is 0.243. The zero-order valence-corrected chi connectivity index (χ0v) is 28.0. The molecule has 0 heterocycles. The van der Waals surface area contributed by atoms with Gasteiger partial charge in [0.05, 0.1) is 26.2 Å². The van der Waals surface area contributed by atoms with Crippen LogP contribution in [-0.2, 0) is 32.6 Å². The molecule has 3 aromatic rings. The van der Waals surface area contributed by atoms with E-state index in [4.69, 9.17) is 32.7 Å². The monoisotopic (exact) mass is 675 g/mol. The maximum Gasteiger partial charge on any atom is 0.244 e. The molecular weight excluding hydrogens is 637 g/mol. The number of rotatable bonds is 13. The van der Waals surface area contributed by atoms with Gasteiger partial charge in [0.1, 0.15) is 24.1 Å². The normalized spacial score (nSPS) is 14.3. The van der Waals surface area contributed by atoms with Crippen LogP contribution in [0.25, 0.3) is 0 Å². The number of sulfonamides is 1. The van der Waals surface area contributed by atoms with E-state index in [9.17, 15) is 18.0 Å². The first kappa shape index (κ1) is 34.4. The molecule has 1 fully saturated rings. The number of hydrogen-bond donors (Lipinski definition) is 1. The summed E-state index contributed by atoms with van der Waals surface area (Å²) < 4.78 is 38.1. The summed E-state index contributed by atoms with van der Waals surface area (Å²) in [7, 11) is -1.10. The number of carbonyl (C=O) groups is 2. The predicted octanol–water partition coefficient (Wildman–Crippen LogP) is 5.87. The summed E-state index contributed by atoms with van der Waals surface area (Å²) in [5.41, 5.74) is 1.56. The van der Waals surface area contributed by atoms with Crippen molar-refractivity contribution < 1.29 is 27.5 Å². The van der Waals surface area contributed by atoms with Gasteiger partial charge in [0, 0.05) is 35.1 Å². The average Bonchev–Trinajstić information content (AvgIpc) is 3.02. The Balaban J connectivity index is 1.77. The third-order valence-electron chi connectivity index (χ3n) is 7.91. The van der Waals surface area contributed by atoms with Gasteiger partial charge in [-0.3, -0.25) is 13.9 Å². The summed E-state index contributed by atoms with van der Waals surface area (Å²) in [6, 6.07) is 18.0. The number of halogens is 2. The molecule has 1 N–H and O–H groups in total. The van der Waals surface area contributed by atoms with Gasteiger partial charge in [0.25, 0.3) is 0 Å². The zero-order chi connectivity index (χ0) is 32.6. The third kappa shape index (κ3) is 9.28. The van der Waals surface area contributed by atoms with Gasteiger partial charge < -0.3 is 19.7 Å². The van der Waals surface area contributed by atoms with Gasteiger partial charge in [0.2, 0.25) is 21.8 Å². The maximum absolute atomic E-state index is 14.4. The Kier molecular flexibility index (Phi) is 12.0. The van der Waals surface area contributed by atoms with Crippen molar-refractivity contribution in [3.63, 3.8) is 0 Å². The number of methoxy groups -OCH3 is 2. The Hall–Kier alpha value is -3.47. The Morgan fingerprint density at radius 1 is 0.956 bits per heavy atom. The first-order valence-electron chi connectivity index (χ1n) is 14.8. The minimum atomic E-state index is -3.99. The highest BCUT2D eigenvalue weighted by atomic mass is 35.5. The first-order chi connectivity index (χ1) is 21.5. The number of ether oxygens (including phenoxy) is 2. The fraction of sp³-hybridized carbons (Fsp3) is 0.394. The molecular formula is C33H39Cl2N3O6S. The fourth-order valence-corrected chi connectivity index (χ4v) is 6.84. The number of hydrogen-bond acceptors (Lipinski definition) is 6. The number of anilines is 1. The van der Waals surface area contributed by atoms with E-state index in [2.05, 4.69) is 5.32 Å². The third-order valence-corrected chi connectivity index (χ3v) is 9.63.